The lowest BCUT2D eigenvalue weighted by molar-refractivity contribution is -0.0552. The highest BCUT2D eigenvalue weighted by atomic mass is 19.3. The molecule has 1 unspecified atom stereocenters. The number of carboxylic acids is 3. The standard InChI is InChI=1S/C33H34F2N4O3.C33H36N4O4.C32H31N5O4/c1-21-5-3-6-26(27-7-4-8-28(37-27)31-36-18-29(32(40)41)38(31)2)30(21)42-20-22-9-10-24-19-39(16-13-23(24)17-22)25-11-14-33(34,35)15-12-25;1-22-6-3-8-27(28-9-4-10-29(35-28)32-34-17-30(33(38)39)36(32)2)31(22)41-21-23-11-12-26-19-37(14-13-25(26)16-23)18-24-7-5-15-40-20-24;1-20-6-4-7-26(27-8-5-9-28(34-27)31-33-16-29(32(38)39)36(31)3)30(20)40-19-22-10-11-24-17-37(13-12-23(24)15-22)18-25-14-21(2)41-35-25/h3-10,17-18,25H,11-16,19-20H2,1-2H3,(H,40,41);3-4,6,8-12,16-17,24H,5,7,13-15,18-21H2,1-2H3,(H,38,39);4-11,14-16H,12-13,17-19H2,1-3H3,(H,38,39). The largest absolute Gasteiger partial charge is 0.488 e. The number of imidazole rings is 3. The van der Waals surface area contributed by atoms with Gasteiger partial charge in [0.05, 0.1) is 48.0 Å². The number of para-hydroxylation sites is 3. The van der Waals surface area contributed by atoms with Crippen LogP contribution in [0.3, 0.4) is 0 Å². The molecule has 11 heterocycles. The predicted octanol–water partition coefficient (Wildman–Crippen LogP) is 17.8. The number of fused-ring (bicyclic) bond motifs is 3. The summed E-state index contributed by atoms with van der Waals surface area (Å²) in [7, 11) is 5.02. The number of benzene rings is 6. The fourth-order valence-electron chi connectivity index (χ4n) is 17.5. The Kier molecular flexibility index (Phi) is 25.6. The number of pyridine rings is 3. The molecule has 0 bridgehead atoms. The highest BCUT2D eigenvalue weighted by molar-refractivity contribution is 5.88. The molecule has 26 heteroatoms. The van der Waals surface area contributed by atoms with Crippen molar-refractivity contribution in [2.75, 3.05) is 39.4 Å². The summed E-state index contributed by atoms with van der Waals surface area (Å²) in [6, 6.07) is 57.0. The van der Waals surface area contributed by atoms with Gasteiger partial charge in [0.15, 0.2) is 17.5 Å². The quantitative estimate of drug-likeness (QED) is 0.0536. The molecule has 0 radical (unpaired) electrons. The van der Waals surface area contributed by atoms with Crippen molar-refractivity contribution in [2.24, 2.45) is 27.1 Å². The van der Waals surface area contributed by atoms with Gasteiger partial charge in [-0.15, -0.1) is 0 Å². The van der Waals surface area contributed by atoms with Crippen molar-refractivity contribution in [3.05, 3.63) is 284 Å². The number of carbonyl (C=O) groups is 3. The van der Waals surface area contributed by atoms with E-state index in [0.29, 0.717) is 78.8 Å². The van der Waals surface area contributed by atoms with E-state index in [2.05, 4.69) is 89.4 Å². The van der Waals surface area contributed by atoms with E-state index in [1.165, 1.54) is 73.9 Å². The molecule has 4 aliphatic heterocycles. The molecule has 6 aromatic carbocycles. The lowest BCUT2D eigenvalue weighted by atomic mass is 9.89. The average Bonchev–Trinajstić information content (AvgIpc) is 1.31. The number of halogens is 2. The first-order valence-corrected chi connectivity index (χ1v) is 42.2. The van der Waals surface area contributed by atoms with Gasteiger partial charge in [-0.3, -0.25) is 14.7 Å². The minimum absolute atomic E-state index is 0.00727. The van der Waals surface area contributed by atoms with Gasteiger partial charge in [0.1, 0.15) is 77.0 Å². The van der Waals surface area contributed by atoms with Crippen molar-refractivity contribution in [2.45, 2.75) is 143 Å². The number of hydrogen-bond donors (Lipinski definition) is 3. The molecule has 1 aliphatic carbocycles. The molecule has 24 nitrogen and oxygen atoms in total. The second-order valence-corrected chi connectivity index (χ2v) is 33.0. The van der Waals surface area contributed by atoms with Crippen LogP contribution in [0, 0.1) is 33.6 Å². The number of aromatic nitrogens is 10. The van der Waals surface area contributed by atoms with Gasteiger partial charge in [-0.05, 0) is 200 Å². The van der Waals surface area contributed by atoms with Gasteiger partial charge < -0.3 is 52.5 Å². The Morgan fingerprint density at radius 1 is 0.468 bits per heavy atom. The molecule has 7 aromatic heterocycles. The Hall–Kier alpha value is -12.9. The molecule has 1 atom stereocenters. The highest BCUT2D eigenvalue weighted by Gasteiger charge is 2.38. The number of hydrogen-bond acceptors (Lipinski definition) is 18. The van der Waals surface area contributed by atoms with E-state index in [0.717, 1.165) is 175 Å². The highest BCUT2D eigenvalue weighted by Crippen LogP contribution is 2.41. The fraction of sp³-hybridized carbons (Fsp3) is 0.327. The summed E-state index contributed by atoms with van der Waals surface area (Å²) in [6.07, 6.45) is 10.5. The SMILES string of the molecule is Cc1cc(CN2CCc3cc(COc4c(C)cccc4-c4cccc(-c5ncc(C(=O)O)n5C)n4)ccc3C2)no1.Cc1cccc(-c2cccc(-c3ncc(C(=O)O)n3C)n2)c1OCc1ccc2c(c1)CCN(C1CCC(F)(F)CC1)C2.Cc1cccc(-c2cccc(-c3ncc(C(=O)O)n3C)n2)c1OCc1ccc2c(c1)CCN(CC1CCCOC1)C2. The Bertz CT molecular complexity index is 6080. The molecule has 1 saturated heterocycles. The van der Waals surface area contributed by atoms with Gasteiger partial charge in [-0.2, -0.15) is 0 Å². The van der Waals surface area contributed by atoms with E-state index in [4.69, 9.17) is 38.4 Å². The summed E-state index contributed by atoms with van der Waals surface area (Å²) in [5, 5.41) is 32.4. The smallest absolute Gasteiger partial charge is 0.354 e. The van der Waals surface area contributed by atoms with E-state index >= 15 is 0 Å². The van der Waals surface area contributed by atoms with Crippen molar-refractivity contribution in [3.63, 3.8) is 0 Å². The van der Waals surface area contributed by atoms with Crippen LogP contribution in [0.5, 0.6) is 17.2 Å². The number of aryl methyl sites for hydroxylation is 4. The van der Waals surface area contributed by atoms with Crippen LogP contribution in [0.2, 0.25) is 0 Å². The molecule has 124 heavy (non-hydrogen) atoms. The summed E-state index contributed by atoms with van der Waals surface area (Å²) in [5.41, 5.74) is 22.3. The van der Waals surface area contributed by atoms with E-state index in [1.807, 2.05) is 143 Å². The van der Waals surface area contributed by atoms with Crippen LogP contribution >= 0.6 is 0 Å². The molecule has 13 aromatic rings. The number of aromatic carboxylic acids is 3. The fourth-order valence-corrected chi connectivity index (χ4v) is 17.5. The molecule has 5 aliphatic rings. The third-order valence-corrected chi connectivity index (χ3v) is 24.2. The zero-order valence-corrected chi connectivity index (χ0v) is 70.8. The minimum atomic E-state index is -2.50. The monoisotopic (exact) mass is 1670 g/mol. The zero-order chi connectivity index (χ0) is 86.3. The molecule has 18 rings (SSSR count). The van der Waals surface area contributed by atoms with Crippen LogP contribution in [0.15, 0.2) is 193 Å². The van der Waals surface area contributed by atoms with Gasteiger partial charge in [0, 0.05) is 122 Å². The van der Waals surface area contributed by atoms with Gasteiger partial charge in [-0.1, -0.05) is 114 Å². The lowest BCUT2D eigenvalue weighted by Gasteiger charge is -2.39. The van der Waals surface area contributed by atoms with Gasteiger partial charge in [-0.25, -0.2) is 53.1 Å². The molecule has 3 N–H and O–H groups in total. The van der Waals surface area contributed by atoms with Crippen LogP contribution in [-0.4, -0.2) is 148 Å². The number of carboxylic acid groups (broad SMARTS) is 3. The summed E-state index contributed by atoms with van der Waals surface area (Å²) < 4.78 is 62.1. The average molecular weight is 1670 g/mol. The Balaban J connectivity index is 0.000000137. The van der Waals surface area contributed by atoms with Crippen molar-refractivity contribution in [1.29, 1.82) is 0 Å². The molecule has 0 amide bonds. The number of alkyl halides is 2. The third-order valence-electron chi connectivity index (χ3n) is 24.2. The molecular weight excluding hydrogens is 1570 g/mol. The molecule has 2 fully saturated rings. The van der Waals surface area contributed by atoms with Crippen molar-refractivity contribution >= 4 is 17.9 Å². The summed E-state index contributed by atoms with van der Waals surface area (Å²) >= 11 is 0. The van der Waals surface area contributed by atoms with Crippen LogP contribution < -0.4 is 14.2 Å². The first kappa shape index (κ1) is 84.7. The van der Waals surface area contributed by atoms with E-state index in [-0.39, 0.29) is 36.0 Å². The molecule has 0 spiro atoms. The number of ether oxygens (including phenoxy) is 4. The lowest BCUT2D eigenvalue weighted by Crippen LogP contribution is -2.43. The Morgan fingerprint density at radius 2 is 0.863 bits per heavy atom. The number of rotatable bonds is 23. The Labute approximate surface area is 718 Å². The van der Waals surface area contributed by atoms with Crippen molar-refractivity contribution < 1.29 is 62.0 Å². The van der Waals surface area contributed by atoms with Crippen molar-refractivity contribution in [3.8, 4) is 85.6 Å². The molecule has 1 saturated carbocycles. The van der Waals surface area contributed by atoms with Crippen LogP contribution in [0.25, 0.3) is 68.3 Å². The maximum Gasteiger partial charge on any atom is 0.354 e. The van der Waals surface area contributed by atoms with E-state index in [1.54, 1.807) is 25.7 Å². The van der Waals surface area contributed by atoms with Gasteiger partial charge in [0.25, 0.3) is 0 Å². The summed E-state index contributed by atoms with van der Waals surface area (Å²) in [6.45, 7) is 18.6. The topological polar surface area (TPSA) is 277 Å². The maximum atomic E-state index is 13.6. The zero-order valence-electron chi connectivity index (χ0n) is 70.8. The second-order valence-electron chi connectivity index (χ2n) is 33.0. The number of nitrogens with zero attached hydrogens (tertiary/aromatic N) is 13. The molecule has 638 valence electrons. The van der Waals surface area contributed by atoms with Crippen molar-refractivity contribution in [1.82, 2.24) is 63.5 Å². The Morgan fingerprint density at radius 3 is 1.26 bits per heavy atom. The van der Waals surface area contributed by atoms with E-state index < -0.39 is 23.8 Å². The summed E-state index contributed by atoms with van der Waals surface area (Å²) in [5.74, 6) is -0.336. The van der Waals surface area contributed by atoms with Crippen LogP contribution in [-0.2, 0) is 91.1 Å². The minimum Gasteiger partial charge on any atom is -0.488 e. The van der Waals surface area contributed by atoms with E-state index in [9.17, 15) is 38.5 Å². The second kappa shape index (κ2) is 37.4. The predicted molar refractivity (Wildman–Crippen MR) is 466 cm³/mol. The third kappa shape index (κ3) is 19.4. The maximum absolute atomic E-state index is 13.6. The van der Waals surface area contributed by atoms with Gasteiger partial charge in [0.2, 0.25) is 5.92 Å². The van der Waals surface area contributed by atoms with Gasteiger partial charge >= 0.3 is 17.9 Å². The summed E-state index contributed by atoms with van der Waals surface area (Å²) in [4.78, 5) is 69.2. The first-order valence-electron chi connectivity index (χ1n) is 42.2. The molecular formula is C98H101F2N13O11. The first-order chi connectivity index (χ1) is 60.0. The van der Waals surface area contributed by atoms with Crippen LogP contribution in [0.1, 0.15) is 148 Å². The van der Waals surface area contributed by atoms with Crippen LogP contribution in [0.4, 0.5) is 8.78 Å². The normalized spacial score (nSPS) is 15.9.